The summed E-state index contributed by atoms with van der Waals surface area (Å²) in [6, 6.07) is 4.69. The fraction of sp³-hybridized carbons (Fsp3) is 0.188. The standard InChI is InChI=1S/C16H11F3N6OS/c1-9-22-23-13(27-9)7-24-8-20-14-12(15(24)26)6-21-25(14)11-4-2-3-10(5-11)16(17,18)19/h2-6,8H,7H2,1H3. The molecule has 0 amide bonds. The zero-order valence-corrected chi connectivity index (χ0v) is 14.6. The Labute approximate surface area is 153 Å². The molecule has 0 saturated carbocycles. The Bertz CT molecular complexity index is 1190. The molecule has 11 heteroatoms. The number of nitrogens with zero attached hydrogens (tertiary/aromatic N) is 6. The van der Waals surface area contributed by atoms with Gasteiger partial charge < -0.3 is 0 Å². The SMILES string of the molecule is Cc1nnc(Cn2cnc3c(cnn3-c3cccc(C(F)(F)F)c3)c2=O)s1. The molecule has 27 heavy (non-hydrogen) atoms. The van der Waals surface area contributed by atoms with Crippen molar-refractivity contribution in [1.82, 2.24) is 29.5 Å². The van der Waals surface area contributed by atoms with E-state index in [1.54, 1.807) is 0 Å². The van der Waals surface area contributed by atoms with E-state index in [9.17, 15) is 18.0 Å². The Kier molecular flexibility index (Phi) is 4.02. The number of hydrogen-bond donors (Lipinski definition) is 0. The molecule has 0 aliphatic heterocycles. The second-order valence-electron chi connectivity index (χ2n) is 5.73. The van der Waals surface area contributed by atoms with Crippen LogP contribution in [0.1, 0.15) is 15.6 Å². The smallest absolute Gasteiger partial charge is 0.292 e. The number of benzene rings is 1. The van der Waals surface area contributed by atoms with E-state index >= 15 is 0 Å². The largest absolute Gasteiger partial charge is 0.416 e. The van der Waals surface area contributed by atoms with Gasteiger partial charge in [-0.05, 0) is 25.1 Å². The summed E-state index contributed by atoms with van der Waals surface area (Å²) in [7, 11) is 0. The van der Waals surface area contributed by atoms with Crippen molar-refractivity contribution in [2.24, 2.45) is 0 Å². The van der Waals surface area contributed by atoms with Crippen molar-refractivity contribution in [3.63, 3.8) is 0 Å². The molecule has 3 heterocycles. The lowest BCUT2D eigenvalue weighted by Gasteiger charge is -2.09. The van der Waals surface area contributed by atoms with Crippen LogP contribution >= 0.6 is 11.3 Å². The van der Waals surface area contributed by atoms with Crippen molar-refractivity contribution >= 4 is 22.4 Å². The monoisotopic (exact) mass is 392 g/mol. The fourth-order valence-corrected chi connectivity index (χ4v) is 3.32. The molecule has 0 atom stereocenters. The lowest BCUT2D eigenvalue weighted by Crippen LogP contribution is -2.21. The molecule has 0 N–H and O–H groups in total. The van der Waals surface area contributed by atoms with Gasteiger partial charge in [-0.3, -0.25) is 9.36 Å². The minimum atomic E-state index is -4.47. The maximum Gasteiger partial charge on any atom is 0.416 e. The highest BCUT2D eigenvalue weighted by atomic mass is 32.1. The van der Waals surface area contributed by atoms with Gasteiger partial charge in [-0.25, -0.2) is 9.67 Å². The second kappa shape index (κ2) is 6.27. The molecule has 0 spiro atoms. The molecule has 138 valence electrons. The van der Waals surface area contributed by atoms with E-state index in [0.717, 1.165) is 17.1 Å². The quantitative estimate of drug-likeness (QED) is 0.536. The lowest BCUT2D eigenvalue weighted by molar-refractivity contribution is -0.137. The van der Waals surface area contributed by atoms with Gasteiger partial charge in [0.15, 0.2) is 5.65 Å². The predicted octanol–water partition coefficient (Wildman–Crippen LogP) is 2.81. The van der Waals surface area contributed by atoms with Crippen molar-refractivity contribution in [2.75, 3.05) is 0 Å². The van der Waals surface area contributed by atoms with E-state index in [4.69, 9.17) is 0 Å². The van der Waals surface area contributed by atoms with Gasteiger partial charge >= 0.3 is 6.18 Å². The molecule has 4 rings (SSSR count). The topological polar surface area (TPSA) is 78.5 Å². The van der Waals surface area contributed by atoms with Crippen molar-refractivity contribution < 1.29 is 13.2 Å². The summed E-state index contributed by atoms with van der Waals surface area (Å²) in [4.78, 5) is 16.9. The van der Waals surface area contributed by atoms with Crippen molar-refractivity contribution in [2.45, 2.75) is 19.6 Å². The van der Waals surface area contributed by atoms with Crippen molar-refractivity contribution in [3.05, 3.63) is 62.7 Å². The maximum atomic E-state index is 12.9. The number of aryl methyl sites for hydroxylation is 1. The number of fused-ring (bicyclic) bond motifs is 1. The predicted molar refractivity (Wildman–Crippen MR) is 91.9 cm³/mol. The van der Waals surface area contributed by atoms with Gasteiger partial charge in [-0.15, -0.1) is 10.2 Å². The zero-order chi connectivity index (χ0) is 19.2. The Morgan fingerprint density at radius 1 is 1.22 bits per heavy atom. The fourth-order valence-electron chi connectivity index (χ4n) is 2.61. The van der Waals surface area contributed by atoms with Crippen molar-refractivity contribution in [1.29, 1.82) is 0 Å². The molecule has 0 fully saturated rings. The van der Waals surface area contributed by atoms with Gasteiger partial charge in [-0.2, -0.15) is 18.3 Å². The summed E-state index contributed by atoms with van der Waals surface area (Å²) < 4.78 is 41.4. The van der Waals surface area contributed by atoms with Gasteiger partial charge in [0.05, 0.1) is 24.0 Å². The lowest BCUT2D eigenvalue weighted by atomic mass is 10.2. The Hall–Kier alpha value is -3.08. The summed E-state index contributed by atoms with van der Waals surface area (Å²) in [5, 5.41) is 13.6. The van der Waals surface area contributed by atoms with Crippen molar-refractivity contribution in [3.8, 4) is 5.69 Å². The van der Waals surface area contributed by atoms with Gasteiger partial charge in [0, 0.05) is 0 Å². The van der Waals surface area contributed by atoms with E-state index in [-0.39, 0.29) is 28.8 Å². The third kappa shape index (κ3) is 3.21. The molecule has 0 unspecified atom stereocenters. The number of rotatable bonds is 3. The average Bonchev–Trinajstić information content (AvgIpc) is 3.23. The van der Waals surface area contributed by atoms with E-state index in [1.807, 2.05) is 6.92 Å². The molecule has 0 radical (unpaired) electrons. The van der Waals surface area contributed by atoms with Crippen LogP contribution in [0.5, 0.6) is 0 Å². The first-order valence-corrected chi connectivity index (χ1v) is 8.54. The molecular formula is C16H11F3N6OS. The number of aromatic nitrogens is 6. The molecular weight excluding hydrogens is 381 g/mol. The van der Waals surface area contributed by atoms with Crippen LogP contribution in [0.4, 0.5) is 13.2 Å². The van der Waals surface area contributed by atoms with Gasteiger partial charge in [-0.1, -0.05) is 17.4 Å². The third-order valence-electron chi connectivity index (χ3n) is 3.85. The van der Waals surface area contributed by atoms with E-state index in [2.05, 4.69) is 20.3 Å². The number of alkyl halides is 3. The second-order valence-corrected chi connectivity index (χ2v) is 7.00. The molecule has 1 aromatic carbocycles. The molecule has 7 nitrogen and oxygen atoms in total. The van der Waals surface area contributed by atoms with Crippen LogP contribution in [-0.4, -0.2) is 29.5 Å². The molecule has 0 bridgehead atoms. The van der Waals surface area contributed by atoms with Crippen LogP contribution in [0.15, 0.2) is 41.6 Å². The van der Waals surface area contributed by atoms with Gasteiger partial charge in [0.1, 0.15) is 21.7 Å². The highest BCUT2D eigenvalue weighted by Gasteiger charge is 2.30. The third-order valence-corrected chi connectivity index (χ3v) is 4.67. The van der Waals surface area contributed by atoms with Crippen LogP contribution < -0.4 is 5.56 Å². The summed E-state index contributed by atoms with van der Waals surface area (Å²) in [5.41, 5.74) is -0.803. The van der Waals surface area contributed by atoms with Crippen LogP contribution in [-0.2, 0) is 12.7 Å². The molecule has 0 saturated heterocycles. The first-order valence-electron chi connectivity index (χ1n) is 7.73. The minimum absolute atomic E-state index is 0.171. The highest BCUT2D eigenvalue weighted by Crippen LogP contribution is 2.30. The van der Waals surface area contributed by atoms with Gasteiger partial charge in [0.25, 0.3) is 5.56 Å². The summed E-state index contributed by atoms with van der Waals surface area (Å²) in [6.07, 6.45) is -1.85. The van der Waals surface area contributed by atoms with E-state index in [1.165, 1.54) is 45.2 Å². The Morgan fingerprint density at radius 3 is 2.74 bits per heavy atom. The number of halogens is 3. The molecule has 0 aliphatic carbocycles. The van der Waals surface area contributed by atoms with E-state index < -0.39 is 11.7 Å². The first kappa shape index (κ1) is 17.3. The maximum absolute atomic E-state index is 12.9. The Balaban J connectivity index is 1.77. The molecule has 0 aliphatic rings. The van der Waals surface area contributed by atoms with E-state index in [0.29, 0.717) is 5.01 Å². The summed E-state index contributed by atoms with van der Waals surface area (Å²) in [6.45, 7) is 2.02. The minimum Gasteiger partial charge on any atom is -0.292 e. The Morgan fingerprint density at radius 2 is 2.04 bits per heavy atom. The zero-order valence-electron chi connectivity index (χ0n) is 13.8. The van der Waals surface area contributed by atoms with Crippen LogP contribution in [0.3, 0.4) is 0 Å². The summed E-state index contributed by atoms with van der Waals surface area (Å²) >= 11 is 1.37. The highest BCUT2D eigenvalue weighted by molar-refractivity contribution is 7.11. The first-order chi connectivity index (χ1) is 12.8. The van der Waals surface area contributed by atoms with Crippen LogP contribution in [0, 0.1) is 6.92 Å². The molecule has 3 aromatic heterocycles. The van der Waals surface area contributed by atoms with Gasteiger partial charge in [0.2, 0.25) is 0 Å². The van der Waals surface area contributed by atoms with Crippen LogP contribution in [0.25, 0.3) is 16.7 Å². The van der Waals surface area contributed by atoms with Crippen LogP contribution in [0.2, 0.25) is 0 Å². The molecule has 4 aromatic rings. The average molecular weight is 392 g/mol. The normalized spacial score (nSPS) is 12.0. The number of hydrogen-bond acceptors (Lipinski definition) is 6. The summed E-state index contributed by atoms with van der Waals surface area (Å²) in [5.74, 6) is 0.